The number of ether oxygens (including phenoxy) is 1. The third-order valence-corrected chi connectivity index (χ3v) is 2.95. The summed E-state index contributed by atoms with van der Waals surface area (Å²) in [7, 11) is 0. The zero-order valence-corrected chi connectivity index (χ0v) is 12.8. The van der Waals surface area contributed by atoms with Crippen molar-refractivity contribution < 1.29 is 13.9 Å². The van der Waals surface area contributed by atoms with Gasteiger partial charge < -0.3 is 10.1 Å². The molecular weight excluding hydrogens is 313 g/mol. The highest BCUT2D eigenvalue weighted by atomic mass is 79.9. The van der Waals surface area contributed by atoms with Crippen molar-refractivity contribution in [2.75, 3.05) is 13.2 Å². The number of carbonyl (C=O) groups excluding carboxylic acids is 1. The highest BCUT2D eigenvalue weighted by Crippen LogP contribution is 2.15. The van der Waals surface area contributed by atoms with Gasteiger partial charge in [-0.2, -0.15) is 0 Å². The van der Waals surface area contributed by atoms with E-state index < -0.39 is 0 Å². The normalized spacial score (nSPS) is 10.8. The van der Waals surface area contributed by atoms with Gasteiger partial charge in [-0.1, -0.05) is 15.9 Å². The van der Waals surface area contributed by atoms with Gasteiger partial charge in [-0.25, -0.2) is 4.39 Å². The molecule has 5 heteroatoms. The molecule has 0 fully saturated rings. The van der Waals surface area contributed by atoms with Crippen LogP contribution in [0.1, 0.15) is 25.8 Å². The number of hydrogen-bond donors (Lipinski definition) is 1. The summed E-state index contributed by atoms with van der Waals surface area (Å²) in [4.78, 5) is 11.6. The van der Waals surface area contributed by atoms with Gasteiger partial charge in [0.25, 0.3) is 0 Å². The lowest BCUT2D eigenvalue weighted by molar-refractivity contribution is -0.120. The molecule has 0 bridgehead atoms. The van der Waals surface area contributed by atoms with Gasteiger partial charge in [0.1, 0.15) is 5.82 Å². The maximum absolute atomic E-state index is 13.4. The molecule has 0 spiro atoms. The molecule has 1 rings (SSSR count). The molecule has 19 heavy (non-hydrogen) atoms. The summed E-state index contributed by atoms with van der Waals surface area (Å²) in [6, 6.07) is 4.58. The second-order valence-electron chi connectivity index (χ2n) is 4.54. The Labute approximate surface area is 121 Å². The van der Waals surface area contributed by atoms with Crippen molar-refractivity contribution in [2.45, 2.75) is 32.8 Å². The number of nitrogens with one attached hydrogen (secondary N) is 1. The molecule has 1 aromatic carbocycles. The molecular formula is C14H19BrFNO2. The average Bonchev–Trinajstić information content (AvgIpc) is 2.33. The molecule has 0 saturated heterocycles. The second-order valence-corrected chi connectivity index (χ2v) is 5.45. The first-order valence-electron chi connectivity index (χ1n) is 6.31. The van der Waals surface area contributed by atoms with Crippen LogP contribution < -0.4 is 5.32 Å². The van der Waals surface area contributed by atoms with Gasteiger partial charge in [-0.3, -0.25) is 4.79 Å². The molecule has 3 nitrogen and oxygen atoms in total. The highest BCUT2D eigenvalue weighted by molar-refractivity contribution is 9.10. The lowest BCUT2D eigenvalue weighted by Gasteiger charge is -2.08. The Balaban J connectivity index is 2.29. The third-order valence-electron chi connectivity index (χ3n) is 2.45. The molecule has 0 atom stereocenters. The molecule has 1 N–H and O–H groups in total. The summed E-state index contributed by atoms with van der Waals surface area (Å²) in [5, 5.41) is 2.75. The maximum atomic E-state index is 13.4. The number of hydrogen-bond acceptors (Lipinski definition) is 2. The van der Waals surface area contributed by atoms with Gasteiger partial charge in [0.15, 0.2) is 0 Å². The summed E-state index contributed by atoms with van der Waals surface area (Å²) in [6.07, 6.45) is 1.01. The fourth-order valence-corrected chi connectivity index (χ4v) is 1.94. The monoisotopic (exact) mass is 331 g/mol. The lowest BCUT2D eigenvalue weighted by atomic mass is 10.1. The number of amides is 1. The third kappa shape index (κ3) is 6.68. The molecule has 0 aliphatic carbocycles. The predicted molar refractivity (Wildman–Crippen MR) is 76.5 cm³/mol. The van der Waals surface area contributed by atoms with Gasteiger partial charge >= 0.3 is 0 Å². The summed E-state index contributed by atoms with van der Waals surface area (Å²) < 4.78 is 19.6. The first kappa shape index (κ1) is 16.1. The van der Waals surface area contributed by atoms with Crippen LogP contribution in [0.2, 0.25) is 0 Å². The first-order chi connectivity index (χ1) is 8.99. The smallest absolute Gasteiger partial charge is 0.224 e. The van der Waals surface area contributed by atoms with E-state index in [2.05, 4.69) is 21.2 Å². The molecule has 106 valence electrons. The predicted octanol–water partition coefficient (Wildman–Crippen LogP) is 3.06. The van der Waals surface area contributed by atoms with Crippen LogP contribution >= 0.6 is 15.9 Å². The Bertz CT molecular complexity index is 424. The topological polar surface area (TPSA) is 38.3 Å². The number of carbonyl (C=O) groups is 1. The Kier molecular flexibility index (Phi) is 7.02. The van der Waals surface area contributed by atoms with Crippen molar-refractivity contribution in [3.8, 4) is 0 Å². The van der Waals surface area contributed by atoms with Crippen LogP contribution in [0, 0.1) is 5.82 Å². The Morgan fingerprint density at radius 1 is 1.47 bits per heavy atom. The quantitative estimate of drug-likeness (QED) is 0.780. The molecule has 1 amide bonds. The van der Waals surface area contributed by atoms with Gasteiger partial charge in [0, 0.05) is 17.6 Å². The molecule has 0 aliphatic heterocycles. The van der Waals surface area contributed by atoms with E-state index in [9.17, 15) is 9.18 Å². The molecule has 0 aromatic heterocycles. The van der Waals surface area contributed by atoms with E-state index in [1.54, 1.807) is 12.1 Å². The van der Waals surface area contributed by atoms with Crippen molar-refractivity contribution in [3.05, 3.63) is 34.1 Å². The fraction of sp³-hybridized carbons (Fsp3) is 0.500. The molecule has 0 heterocycles. The van der Waals surface area contributed by atoms with Crippen LogP contribution in [0.15, 0.2) is 22.7 Å². The van der Waals surface area contributed by atoms with Crippen LogP contribution in [-0.2, 0) is 16.0 Å². The molecule has 0 saturated carbocycles. The largest absolute Gasteiger partial charge is 0.379 e. The zero-order valence-electron chi connectivity index (χ0n) is 11.2. The maximum Gasteiger partial charge on any atom is 0.224 e. The Morgan fingerprint density at radius 3 is 2.89 bits per heavy atom. The van der Waals surface area contributed by atoms with Crippen LogP contribution in [0.25, 0.3) is 0 Å². The van der Waals surface area contributed by atoms with Crippen molar-refractivity contribution in [1.29, 1.82) is 0 Å². The number of rotatable bonds is 7. The summed E-state index contributed by atoms with van der Waals surface area (Å²) >= 11 is 3.26. The van der Waals surface area contributed by atoms with Crippen molar-refractivity contribution >= 4 is 21.8 Å². The minimum atomic E-state index is -0.360. The highest BCUT2D eigenvalue weighted by Gasteiger charge is 2.08. The van der Waals surface area contributed by atoms with E-state index in [4.69, 9.17) is 4.74 Å². The van der Waals surface area contributed by atoms with Crippen LogP contribution in [0.4, 0.5) is 4.39 Å². The van der Waals surface area contributed by atoms with E-state index in [-0.39, 0.29) is 24.2 Å². The Hall–Kier alpha value is -0.940. The minimum absolute atomic E-state index is 0.0519. The second kappa shape index (κ2) is 8.27. The minimum Gasteiger partial charge on any atom is -0.379 e. The van der Waals surface area contributed by atoms with E-state index in [0.29, 0.717) is 18.7 Å². The van der Waals surface area contributed by atoms with E-state index in [1.165, 1.54) is 6.07 Å². The van der Waals surface area contributed by atoms with Crippen LogP contribution in [0.3, 0.4) is 0 Å². The van der Waals surface area contributed by atoms with Crippen LogP contribution in [-0.4, -0.2) is 25.2 Å². The SMILES string of the molecule is CC(C)OCCCNC(=O)Cc1cc(Br)ccc1F. The summed E-state index contributed by atoms with van der Waals surface area (Å²) in [5.41, 5.74) is 0.394. The van der Waals surface area contributed by atoms with Gasteiger partial charge in [0.05, 0.1) is 12.5 Å². The number of benzene rings is 1. The molecule has 0 unspecified atom stereocenters. The zero-order chi connectivity index (χ0) is 14.3. The molecule has 1 aromatic rings. The van der Waals surface area contributed by atoms with Gasteiger partial charge in [-0.15, -0.1) is 0 Å². The number of halogens is 2. The Morgan fingerprint density at radius 2 is 2.21 bits per heavy atom. The van der Waals surface area contributed by atoms with E-state index >= 15 is 0 Å². The van der Waals surface area contributed by atoms with Crippen molar-refractivity contribution in [1.82, 2.24) is 5.32 Å². The average molecular weight is 332 g/mol. The standard InChI is InChI=1S/C14H19BrFNO2/c1-10(2)19-7-3-6-17-14(18)9-11-8-12(15)4-5-13(11)16/h4-5,8,10H,3,6-7,9H2,1-2H3,(H,17,18). The van der Waals surface area contributed by atoms with Crippen molar-refractivity contribution in [3.63, 3.8) is 0 Å². The lowest BCUT2D eigenvalue weighted by Crippen LogP contribution is -2.27. The summed E-state index contributed by atoms with van der Waals surface area (Å²) in [6.45, 7) is 5.09. The fourth-order valence-electron chi connectivity index (χ4n) is 1.53. The van der Waals surface area contributed by atoms with Gasteiger partial charge in [0.2, 0.25) is 5.91 Å². The molecule has 0 aliphatic rings. The van der Waals surface area contributed by atoms with Gasteiger partial charge in [-0.05, 0) is 44.0 Å². The summed E-state index contributed by atoms with van der Waals surface area (Å²) in [5.74, 6) is -0.539. The first-order valence-corrected chi connectivity index (χ1v) is 7.10. The van der Waals surface area contributed by atoms with E-state index in [1.807, 2.05) is 13.8 Å². The van der Waals surface area contributed by atoms with Crippen LogP contribution in [0.5, 0.6) is 0 Å². The van der Waals surface area contributed by atoms with Crippen molar-refractivity contribution in [2.24, 2.45) is 0 Å². The van der Waals surface area contributed by atoms with E-state index in [0.717, 1.165) is 10.9 Å². The molecule has 0 radical (unpaired) electrons.